The van der Waals surface area contributed by atoms with Gasteiger partial charge in [-0.3, -0.25) is 9.80 Å². The van der Waals surface area contributed by atoms with Crippen LogP contribution < -0.4 is 0 Å². The summed E-state index contributed by atoms with van der Waals surface area (Å²) in [5, 5.41) is 40.7. The van der Waals surface area contributed by atoms with Gasteiger partial charge in [-0.1, -0.05) is 12.8 Å². The van der Waals surface area contributed by atoms with Gasteiger partial charge in [0.25, 0.3) is 11.4 Å². The first-order valence-electron chi connectivity index (χ1n) is 7.76. The zero-order valence-corrected chi connectivity index (χ0v) is 12.6. The average Bonchev–Trinajstić information content (AvgIpc) is 2.54. The molecule has 4 N–H and O–H groups in total. The van der Waals surface area contributed by atoms with E-state index in [1.54, 1.807) is 0 Å². The van der Waals surface area contributed by atoms with Gasteiger partial charge in [-0.05, 0) is 25.7 Å². The number of aliphatic hydroxyl groups is 2. The Labute approximate surface area is 128 Å². The quantitative estimate of drug-likeness (QED) is 0.536. The average molecular weight is 316 g/mol. The van der Waals surface area contributed by atoms with Crippen molar-refractivity contribution < 1.29 is 30.0 Å². The van der Waals surface area contributed by atoms with Gasteiger partial charge in [-0.25, -0.2) is 9.59 Å². The molecule has 0 aromatic carbocycles. The second kappa shape index (κ2) is 6.49. The molecule has 2 rings (SSSR count). The minimum Gasteiger partial charge on any atom is -0.478 e. The second-order valence-electron chi connectivity index (χ2n) is 6.05. The van der Waals surface area contributed by atoms with Crippen molar-refractivity contribution in [1.29, 1.82) is 0 Å². The first-order chi connectivity index (χ1) is 10.3. The summed E-state index contributed by atoms with van der Waals surface area (Å²) >= 11 is 0. The van der Waals surface area contributed by atoms with E-state index in [9.17, 15) is 30.0 Å². The molecule has 22 heavy (non-hydrogen) atoms. The highest BCUT2D eigenvalue weighted by molar-refractivity contribution is 5.90. The van der Waals surface area contributed by atoms with Crippen LogP contribution in [0.3, 0.4) is 0 Å². The topological polar surface area (TPSA) is 122 Å². The lowest BCUT2D eigenvalue weighted by Gasteiger charge is -2.50. The summed E-state index contributed by atoms with van der Waals surface area (Å²) in [6.07, 6.45) is 4.41. The molecule has 0 aromatic rings. The van der Waals surface area contributed by atoms with E-state index in [-0.39, 0.29) is 26.2 Å². The van der Waals surface area contributed by atoms with E-state index in [4.69, 9.17) is 0 Å². The molecule has 126 valence electrons. The Hall–Kier alpha value is -1.22. The zero-order valence-electron chi connectivity index (χ0n) is 12.6. The van der Waals surface area contributed by atoms with E-state index in [0.717, 1.165) is 12.8 Å². The van der Waals surface area contributed by atoms with Crippen LogP contribution in [0, 0.1) is 0 Å². The molecule has 0 amide bonds. The summed E-state index contributed by atoms with van der Waals surface area (Å²) in [7, 11) is 0. The van der Waals surface area contributed by atoms with Crippen molar-refractivity contribution in [3.05, 3.63) is 0 Å². The van der Waals surface area contributed by atoms with Crippen molar-refractivity contribution >= 4 is 11.9 Å². The number of hydrogen-bond acceptors (Lipinski definition) is 6. The van der Waals surface area contributed by atoms with Gasteiger partial charge in [0, 0.05) is 26.2 Å². The molecule has 8 heteroatoms. The minimum atomic E-state index is -2.86. The van der Waals surface area contributed by atoms with Crippen LogP contribution in [0.1, 0.15) is 38.5 Å². The Morgan fingerprint density at radius 1 is 0.636 bits per heavy atom. The molecule has 0 saturated carbocycles. The summed E-state index contributed by atoms with van der Waals surface area (Å²) in [5.74, 6) is -3.46. The monoisotopic (exact) mass is 316 g/mol. The number of likely N-dealkylation sites (tertiary alicyclic amines) is 2. The molecule has 0 radical (unpaired) electrons. The molecule has 0 bridgehead atoms. The molecule has 8 nitrogen and oxygen atoms in total. The van der Waals surface area contributed by atoms with E-state index in [1.165, 1.54) is 9.80 Å². The Kier molecular flexibility index (Phi) is 5.06. The van der Waals surface area contributed by atoms with Crippen LogP contribution in [0.2, 0.25) is 0 Å². The first-order valence-corrected chi connectivity index (χ1v) is 7.76. The van der Waals surface area contributed by atoms with Crippen molar-refractivity contribution in [2.75, 3.05) is 26.2 Å². The molecular formula is C14H24N2O6. The fourth-order valence-electron chi connectivity index (χ4n) is 3.44. The predicted molar refractivity (Wildman–Crippen MR) is 76.0 cm³/mol. The highest BCUT2D eigenvalue weighted by atomic mass is 16.5. The lowest BCUT2D eigenvalue weighted by molar-refractivity contribution is -0.287. The van der Waals surface area contributed by atoms with Gasteiger partial charge in [0.15, 0.2) is 0 Å². The molecule has 2 saturated heterocycles. The van der Waals surface area contributed by atoms with Crippen LogP contribution in [0.4, 0.5) is 0 Å². The van der Waals surface area contributed by atoms with Crippen molar-refractivity contribution in [2.24, 2.45) is 0 Å². The molecule has 2 aliphatic heterocycles. The molecule has 2 heterocycles. The number of carboxylic acid groups (broad SMARTS) is 2. The molecule has 2 fully saturated rings. The molecule has 2 aliphatic rings. The van der Waals surface area contributed by atoms with E-state index in [2.05, 4.69) is 0 Å². The van der Waals surface area contributed by atoms with Crippen LogP contribution in [-0.4, -0.2) is 79.8 Å². The van der Waals surface area contributed by atoms with E-state index in [0.29, 0.717) is 25.7 Å². The first kappa shape index (κ1) is 17.1. The normalized spacial score (nSPS) is 26.8. The van der Waals surface area contributed by atoms with E-state index >= 15 is 0 Å². The molecule has 2 atom stereocenters. The van der Waals surface area contributed by atoms with Crippen LogP contribution >= 0.6 is 0 Å². The predicted octanol–water partition coefficient (Wildman–Crippen LogP) is -0.495. The number of nitrogens with zero attached hydrogens (tertiary/aromatic N) is 2. The zero-order chi connectivity index (χ0) is 16.4. The number of aliphatic carboxylic acids is 2. The van der Waals surface area contributed by atoms with Crippen molar-refractivity contribution in [3.63, 3.8) is 0 Å². The van der Waals surface area contributed by atoms with E-state index in [1.807, 2.05) is 0 Å². The molecule has 0 spiro atoms. The molecule has 0 aliphatic carbocycles. The maximum Gasteiger partial charge on any atom is 0.356 e. The van der Waals surface area contributed by atoms with Gasteiger partial charge in [-0.15, -0.1) is 0 Å². The van der Waals surface area contributed by atoms with Gasteiger partial charge < -0.3 is 20.4 Å². The highest BCUT2D eigenvalue weighted by Gasteiger charge is 2.67. The third-order valence-electron chi connectivity index (χ3n) is 4.71. The van der Waals surface area contributed by atoms with Gasteiger partial charge in [-0.2, -0.15) is 0 Å². The third-order valence-corrected chi connectivity index (χ3v) is 4.71. The summed E-state index contributed by atoms with van der Waals surface area (Å²) in [6.45, 7) is 0.969. The van der Waals surface area contributed by atoms with Crippen molar-refractivity contribution in [1.82, 2.24) is 9.80 Å². The number of hydrogen-bond donors (Lipinski definition) is 4. The fourth-order valence-corrected chi connectivity index (χ4v) is 3.44. The molecular weight excluding hydrogens is 292 g/mol. The van der Waals surface area contributed by atoms with E-state index < -0.39 is 23.4 Å². The van der Waals surface area contributed by atoms with Crippen LogP contribution in [0.15, 0.2) is 0 Å². The van der Waals surface area contributed by atoms with Gasteiger partial charge in [0.1, 0.15) is 0 Å². The number of rotatable bonds is 5. The Morgan fingerprint density at radius 3 is 1.14 bits per heavy atom. The lowest BCUT2D eigenvalue weighted by Crippen LogP contribution is -2.78. The smallest absolute Gasteiger partial charge is 0.356 e. The second-order valence-corrected chi connectivity index (χ2v) is 6.05. The van der Waals surface area contributed by atoms with Gasteiger partial charge in [0.05, 0.1) is 0 Å². The fraction of sp³-hybridized carbons (Fsp3) is 0.857. The Balaban J connectivity index is 2.44. The number of carbonyl (C=O) groups is 2. The third kappa shape index (κ3) is 2.60. The highest BCUT2D eigenvalue weighted by Crippen LogP contribution is 2.35. The molecule has 0 unspecified atom stereocenters. The summed E-state index contributed by atoms with van der Waals surface area (Å²) < 4.78 is 0. The maximum atomic E-state index is 11.8. The van der Waals surface area contributed by atoms with Gasteiger partial charge >= 0.3 is 11.9 Å². The van der Waals surface area contributed by atoms with Crippen molar-refractivity contribution in [2.45, 2.75) is 50.0 Å². The van der Waals surface area contributed by atoms with Crippen LogP contribution in [0.25, 0.3) is 0 Å². The summed E-state index contributed by atoms with van der Waals surface area (Å²) in [4.78, 5) is 25.9. The SMILES string of the molecule is O=C(O)[C@@](O)(N1CCCCC1)[C@@](O)(C(=O)O)N1CCCCC1. The Morgan fingerprint density at radius 2 is 0.909 bits per heavy atom. The summed E-state index contributed by atoms with van der Waals surface area (Å²) in [5.41, 5.74) is -5.73. The lowest BCUT2D eigenvalue weighted by atomic mass is 9.91. The summed E-state index contributed by atoms with van der Waals surface area (Å²) in [6, 6.07) is 0. The minimum absolute atomic E-state index is 0.242. The van der Waals surface area contributed by atoms with Crippen LogP contribution in [-0.2, 0) is 9.59 Å². The number of piperidine rings is 2. The van der Waals surface area contributed by atoms with Crippen LogP contribution in [0.5, 0.6) is 0 Å². The molecule has 0 aromatic heterocycles. The maximum absolute atomic E-state index is 11.8. The van der Waals surface area contributed by atoms with Gasteiger partial charge in [0.2, 0.25) is 0 Å². The van der Waals surface area contributed by atoms with Crippen molar-refractivity contribution in [3.8, 4) is 0 Å². The largest absolute Gasteiger partial charge is 0.478 e. The number of carboxylic acids is 2. The standard InChI is InChI=1S/C14H24N2O6/c17-11(18)13(21,15-7-3-1-4-8-15)14(22,12(19)20)16-9-5-2-6-10-16/h21-22H,1-10H2,(H,17,18)(H,19,20)/t13-,14-/m0/s1. The Bertz CT molecular complexity index is 393.